The van der Waals surface area contributed by atoms with Crippen molar-refractivity contribution in [3.8, 4) is 23.7 Å². The van der Waals surface area contributed by atoms with Gasteiger partial charge in [0.25, 0.3) is 0 Å². The van der Waals surface area contributed by atoms with Crippen molar-refractivity contribution in [1.29, 1.82) is 0 Å². The highest BCUT2D eigenvalue weighted by Gasteiger charge is 2.54. The minimum Gasteiger partial charge on any atom is -0.460 e. The van der Waals surface area contributed by atoms with Crippen LogP contribution in [0.1, 0.15) is 26.2 Å². The van der Waals surface area contributed by atoms with E-state index >= 15 is 0 Å². The minimum absolute atomic E-state index is 0.245. The number of ether oxygens (including phenoxy) is 2. The fourth-order valence-corrected chi connectivity index (χ4v) is 2.14. The molecule has 2 fully saturated rings. The highest BCUT2D eigenvalue weighted by molar-refractivity contribution is 5.33. The molecule has 18 heavy (non-hydrogen) atoms. The van der Waals surface area contributed by atoms with Gasteiger partial charge in [-0.25, -0.2) is 0 Å². The average Bonchev–Trinajstić information content (AvgIpc) is 2.61. The molecule has 0 radical (unpaired) electrons. The third-order valence-electron chi connectivity index (χ3n) is 3.07. The lowest BCUT2D eigenvalue weighted by atomic mass is 9.98. The summed E-state index contributed by atoms with van der Waals surface area (Å²) >= 11 is 0. The van der Waals surface area contributed by atoms with Gasteiger partial charge in [-0.15, -0.1) is 0 Å². The summed E-state index contributed by atoms with van der Waals surface area (Å²) in [5, 5.41) is 19.9. The van der Waals surface area contributed by atoms with E-state index in [1.165, 1.54) is 6.08 Å². The molecule has 0 aromatic heterocycles. The molecule has 2 aliphatic heterocycles. The molecule has 2 heterocycles. The zero-order valence-corrected chi connectivity index (χ0v) is 10.3. The first-order chi connectivity index (χ1) is 8.69. The fourth-order valence-electron chi connectivity index (χ4n) is 2.14. The average molecular weight is 248 g/mol. The van der Waals surface area contributed by atoms with Crippen LogP contribution < -0.4 is 0 Å². The zero-order chi connectivity index (χ0) is 13.0. The van der Waals surface area contributed by atoms with Gasteiger partial charge in [0.15, 0.2) is 6.10 Å². The number of aliphatic hydroxyl groups is 2. The Morgan fingerprint density at radius 3 is 2.83 bits per heavy atom. The molecule has 0 amide bonds. The van der Waals surface area contributed by atoms with Crippen molar-refractivity contribution in [2.45, 2.75) is 44.2 Å². The molecule has 0 aromatic rings. The van der Waals surface area contributed by atoms with Crippen molar-refractivity contribution in [3.05, 3.63) is 11.8 Å². The van der Waals surface area contributed by atoms with Gasteiger partial charge in [-0.1, -0.05) is 11.8 Å². The molecule has 3 atom stereocenters. The first kappa shape index (κ1) is 13.0. The van der Waals surface area contributed by atoms with Crippen LogP contribution in [0.25, 0.3) is 0 Å². The largest absolute Gasteiger partial charge is 0.460 e. The van der Waals surface area contributed by atoms with Crippen molar-refractivity contribution < 1.29 is 19.7 Å². The second-order valence-corrected chi connectivity index (χ2v) is 4.30. The summed E-state index contributed by atoms with van der Waals surface area (Å²) in [6, 6.07) is 0. The number of allylic oxidation sites excluding steroid dienone is 1. The van der Waals surface area contributed by atoms with Crippen LogP contribution in [-0.4, -0.2) is 34.8 Å². The second kappa shape index (κ2) is 5.46. The number of rotatable bonds is 0. The molecule has 2 rings (SSSR count). The topological polar surface area (TPSA) is 58.9 Å². The molecule has 2 saturated heterocycles. The van der Waals surface area contributed by atoms with Gasteiger partial charge in [0, 0.05) is 12.5 Å². The molecule has 0 saturated carbocycles. The van der Waals surface area contributed by atoms with E-state index in [0.29, 0.717) is 13.0 Å². The Morgan fingerprint density at radius 1 is 1.33 bits per heavy atom. The Kier molecular flexibility index (Phi) is 3.93. The SMILES string of the molecule is CC#CC#CC=C1O[C@]2(CCCCO2)[C@H](O)[C@@H]1O. The smallest absolute Gasteiger partial charge is 0.239 e. The number of hydrogen-bond acceptors (Lipinski definition) is 4. The first-order valence-corrected chi connectivity index (χ1v) is 6.01. The van der Waals surface area contributed by atoms with Crippen LogP contribution in [0.2, 0.25) is 0 Å². The standard InChI is InChI=1S/C14H16O4/c1-2-3-4-5-8-11-12(15)13(16)14(18-11)9-6-7-10-17-14/h8,12-13,15-16H,6-7,9-10H2,1H3/t12-,13-,14-/m1/s1. The van der Waals surface area contributed by atoms with E-state index < -0.39 is 18.0 Å². The normalized spacial score (nSPS) is 36.5. The van der Waals surface area contributed by atoms with Gasteiger partial charge in [0.05, 0.1) is 6.61 Å². The van der Waals surface area contributed by atoms with Gasteiger partial charge in [0.1, 0.15) is 11.9 Å². The van der Waals surface area contributed by atoms with Crippen molar-refractivity contribution in [1.82, 2.24) is 0 Å². The number of aliphatic hydroxyl groups excluding tert-OH is 2. The van der Waals surface area contributed by atoms with E-state index in [2.05, 4.69) is 23.7 Å². The number of hydrogen-bond donors (Lipinski definition) is 2. The molecule has 0 bridgehead atoms. The van der Waals surface area contributed by atoms with E-state index in [1.807, 2.05) is 0 Å². The van der Waals surface area contributed by atoms with Gasteiger partial charge in [-0.3, -0.25) is 0 Å². The summed E-state index contributed by atoms with van der Waals surface area (Å²) < 4.78 is 11.1. The molecule has 0 aliphatic carbocycles. The van der Waals surface area contributed by atoms with E-state index in [0.717, 1.165) is 12.8 Å². The minimum atomic E-state index is -1.10. The van der Waals surface area contributed by atoms with Crippen LogP contribution in [0.15, 0.2) is 11.8 Å². The van der Waals surface area contributed by atoms with Crippen LogP contribution in [0, 0.1) is 23.7 Å². The Balaban J connectivity index is 2.16. The molecule has 4 heteroatoms. The van der Waals surface area contributed by atoms with Gasteiger partial charge in [-0.2, -0.15) is 0 Å². The van der Waals surface area contributed by atoms with Crippen LogP contribution in [0.5, 0.6) is 0 Å². The van der Waals surface area contributed by atoms with Gasteiger partial charge >= 0.3 is 0 Å². The maximum Gasteiger partial charge on any atom is 0.239 e. The lowest BCUT2D eigenvalue weighted by molar-refractivity contribution is -0.257. The summed E-state index contributed by atoms with van der Waals surface area (Å²) in [5.74, 6) is 9.62. The molecule has 4 nitrogen and oxygen atoms in total. The van der Waals surface area contributed by atoms with Gasteiger partial charge < -0.3 is 19.7 Å². The summed E-state index contributed by atoms with van der Waals surface area (Å²) in [6.07, 6.45) is 1.70. The Bertz CT molecular complexity index is 452. The fraction of sp³-hybridized carbons (Fsp3) is 0.571. The highest BCUT2D eigenvalue weighted by atomic mass is 16.7. The van der Waals surface area contributed by atoms with E-state index in [-0.39, 0.29) is 5.76 Å². The lowest BCUT2D eigenvalue weighted by Gasteiger charge is -2.34. The zero-order valence-electron chi connectivity index (χ0n) is 10.3. The van der Waals surface area contributed by atoms with Crippen molar-refractivity contribution in [3.63, 3.8) is 0 Å². The van der Waals surface area contributed by atoms with Crippen molar-refractivity contribution >= 4 is 0 Å². The predicted molar refractivity (Wildman–Crippen MR) is 64.9 cm³/mol. The molecule has 0 aromatic carbocycles. The quantitative estimate of drug-likeness (QED) is 0.614. The third kappa shape index (κ3) is 2.37. The van der Waals surface area contributed by atoms with E-state index in [4.69, 9.17) is 9.47 Å². The van der Waals surface area contributed by atoms with E-state index in [1.54, 1.807) is 6.92 Å². The molecule has 96 valence electrons. The highest BCUT2D eigenvalue weighted by Crippen LogP contribution is 2.40. The predicted octanol–water partition coefficient (Wildman–Crippen LogP) is 0.546. The maximum atomic E-state index is 10.0. The first-order valence-electron chi connectivity index (χ1n) is 6.01. The maximum absolute atomic E-state index is 10.0. The Hall–Kier alpha value is -1.46. The van der Waals surface area contributed by atoms with Crippen molar-refractivity contribution in [2.75, 3.05) is 6.61 Å². The van der Waals surface area contributed by atoms with Crippen LogP contribution in [-0.2, 0) is 9.47 Å². The molecule has 1 spiro atoms. The molecular weight excluding hydrogens is 232 g/mol. The van der Waals surface area contributed by atoms with E-state index in [9.17, 15) is 10.2 Å². The summed E-state index contributed by atoms with van der Waals surface area (Å²) in [5.41, 5.74) is 0. The summed E-state index contributed by atoms with van der Waals surface area (Å²) in [6.45, 7) is 2.22. The van der Waals surface area contributed by atoms with Crippen LogP contribution in [0.3, 0.4) is 0 Å². The van der Waals surface area contributed by atoms with Crippen molar-refractivity contribution in [2.24, 2.45) is 0 Å². The Morgan fingerprint density at radius 2 is 2.17 bits per heavy atom. The molecule has 2 aliphatic rings. The van der Waals surface area contributed by atoms with Crippen LogP contribution in [0.4, 0.5) is 0 Å². The molecule has 2 N–H and O–H groups in total. The van der Waals surface area contributed by atoms with Crippen LogP contribution >= 0.6 is 0 Å². The van der Waals surface area contributed by atoms with Gasteiger partial charge in [0.2, 0.25) is 5.79 Å². The second-order valence-electron chi connectivity index (χ2n) is 4.30. The summed E-state index contributed by atoms with van der Waals surface area (Å²) in [4.78, 5) is 0. The lowest BCUT2D eigenvalue weighted by Crippen LogP contribution is -2.47. The molecular formula is C14H16O4. The molecule has 0 unspecified atom stereocenters. The third-order valence-corrected chi connectivity index (χ3v) is 3.07. The van der Waals surface area contributed by atoms with Gasteiger partial charge in [-0.05, 0) is 31.6 Å². The monoisotopic (exact) mass is 248 g/mol. The Labute approximate surface area is 107 Å². The summed E-state index contributed by atoms with van der Waals surface area (Å²) in [7, 11) is 0.